The Morgan fingerprint density at radius 2 is 1.97 bits per heavy atom. The van der Waals surface area contributed by atoms with Crippen molar-refractivity contribution in [2.24, 2.45) is 7.05 Å². The number of ether oxygens (including phenoxy) is 3. The Labute approximate surface area is 196 Å². The first-order valence-corrected chi connectivity index (χ1v) is 11.3. The molecule has 5 atom stereocenters. The maximum absolute atomic E-state index is 11.0. The maximum atomic E-state index is 11.0. The van der Waals surface area contributed by atoms with Gasteiger partial charge in [-0.1, -0.05) is 18.2 Å². The van der Waals surface area contributed by atoms with Gasteiger partial charge in [0.25, 0.3) is 5.79 Å². The van der Waals surface area contributed by atoms with Crippen LogP contribution in [0, 0.1) is 0 Å². The monoisotopic (exact) mass is 471 g/mol. The lowest BCUT2D eigenvalue weighted by Gasteiger charge is -2.45. The van der Waals surface area contributed by atoms with E-state index in [1.54, 1.807) is 12.1 Å². The van der Waals surface area contributed by atoms with Gasteiger partial charge >= 0.3 is 0 Å². The standard InChI is InChI=1S/C25H29NO8/c1-26-12-16(7-5-14-6-8-18-15(11-14)9-10-32-18)21-17(26)3-2-4-19(21)34-25(31)23(29)22(28)20(13-27)33-24(25)30/h2-4,6,8,11-12,20,22-24,27-31H,5,7,9-10,13H2,1H3/t20-,22-,23+,24+,25+/m1/s1. The molecule has 0 amide bonds. The van der Waals surface area contributed by atoms with Crippen molar-refractivity contribution < 1.29 is 39.7 Å². The summed E-state index contributed by atoms with van der Waals surface area (Å²) < 4.78 is 18.4. The van der Waals surface area contributed by atoms with Crippen molar-refractivity contribution >= 4 is 10.9 Å². The molecule has 9 heteroatoms. The average molecular weight is 472 g/mol. The number of hydrogen-bond donors (Lipinski definition) is 5. The molecule has 1 fully saturated rings. The molecule has 0 bridgehead atoms. The first kappa shape index (κ1) is 23.1. The molecule has 3 heterocycles. The number of aryl methyl sites for hydroxylation is 3. The third-order valence-electron chi connectivity index (χ3n) is 6.73. The number of benzene rings is 2. The zero-order chi connectivity index (χ0) is 24.0. The van der Waals surface area contributed by atoms with Crippen LogP contribution in [0.3, 0.4) is 0 Å². The Morgan fingerprint density at radius 1 is 1.15 bits per heavy atom. The second kappa shape index (κ2) is 8.84. The van der Waals surface area contributed by atoms with Crippen LogP contribution in [0.5, 0.6) is 11.5 Å². The van der Waals surface area contributed by atoms with Crippen LogP contribution in [-0.2, 0) is 31.0 Å². The molecule has 0 aliphatic carbocycles. The van der Waals surface area contributed by atoms with Crippen molar-refractivity contribution in [3.63, 3.8) is 0 Å². The number of rotatable bonds is 6. The van der Waals surface area contributed by atoms with Crippen LogP contribution < -0.4 is 9.47 Å². The highest BCUT2D eigenvalue weighted by Gasteiger charge is 2.57. The average Bonchev–Trinajstić information content (AvgIpc) is 3.43. The number of aliphatic hydroxyl groups is 5. The van der Waals surface area contributed by atoms with Crippen molar-refractivity contribution in [2.75, 3.05) is 13.2 Å². The van der Waals surface area contributed by atoms with Gasteiger partial charge in [-0.2, -0.15) is 0 Å². The van der Waals surface area contributed by atoms with E-state index >= 15 is 0 Å². The van der Waals surface area contributed by atoms with Gasteiger partial charge in [-0.05, 0) is 47.7 Å². The second-order valence-corrected chi connectivity index (χ2v) is 8.95. The Balaban J connectivity index is 1.44. The summed E-state index contributed by atoms with van der Waals surface area (Å²) in [5.41, 5.74) is 4.19. The lowest BCUT2D eigenvalue weighted by atomic mass is 9.95. The molecule has 5 N–H and O–H groups in total. The summed E-state index contributed by atoms with van der Waals surface area (Å²) in [6, 6.07) is 11.5. The van der Waals surface area contributed by atoms with Crippen LogP contribution in [0.25, 0.3) is 10.9 Å². The van der Waals surface area contributed by atoms with E-state index in [-0.39, 0.29) is 5.75 Å². The second-order valence-electron chi connectivity index (χ2n) is 8.95. The van der Waals surface area contributed by atoms with Gasteiger partial charge in [-0.25, -0.2) is 0 Å². The van der Waals surface area contributed by atoms with E-state index in [1.165, 1.54) is 11.1 Å². The van der Waals surface area contributed by atoms with Crippen molar-refractivity contribution in [3.05, 3.63) is 59.3 Å². The quantitative estimate of drug-likeness (QED) is 0.326. The van der Waals surface area contributed by atoms with Gasteiger partial charge in [0.2, 0.25) is 6.29 Å². The third kappa shape index (κ3) is 3.84. The van der Waals surface area contributed by atoms with E-state index in [0.717, 1.165) is 35.1 Å². The van der Waals surface area contributed by atoms with Crippen LogP contribution in [0.1, 0.15) is 16.7 Å². The molecule has 2 aromatic carbocycles. The lowest BCUT2D eigenvalue weighted by Crippen LogP contribution is -2.69. The normalized spacial score (nSPS) is 28.6. The fourth-order valence-corrected chi connectivity index (χ4v) is 4.83. The van der Waals surface area contributed by atoms with Crippen LogP contribution >= 0.6 is 0 Å². The van der Waals surface area contributed by atoms with E-state index in [1.807, 2.05) is 29.9 Å². The molecular formula is C25H29NO8. The molecule has 34 heavy (non-hydrogen) atoms. The predicted octanol–water partition coefficient (Wildman–Crippen LogP) is 0.397. The van der Waals surface area contributed by atoms with E-state index in [9.17, 15) is 25.5 Å². The van der Waals surface area contributed by atoms with Gasteiger partial charge in [-0.3, -0.25) is 0 Å². The Morgan fingerprint density at radius 3 is 2.76 bits per heavy atom. The molecule has 1 saturated heterocycles. The highest BCUT2D eigenvalue weighted by molar-refractivity contribution is 5.90. The molecule has 0 spiro atoms. The molecule has 5 rings (SSSR count). The van der Waals surface area contributed by atoms with Crippen LogP contribution in [0.15, 0.2) is 42.6 Å². The first-order valence-electron chi connectivity index (χ1n) is 11.3. The van der Waals surface area contributed by atoms with Crippen molar-refractivity contribution in [3.8, 4) is 11.5 Å². The fraction of sp³-hybridized carbons (Fsp3) is 0.440. The summed E-state index contributed by atoms with van der Waals surface area (Å²) in [6.45, 7) is 0.0689. The molecule has 2 aliphatic rings. The topological polar surface area (TPSA) is 134 Å². The summed E-state index contributed by atoms with van der Waals surface area (Å²) >= 11 is 0. The largest absolute Gasteiger partial charge is 0.493 e. The number of hydrogen-bond acceptors (Lipinski definition) is 8. The summed E-state index contributed by atoms with van der Waals surface area (Å²) in [4.78, 5) is 0. The van der Waals surface area contributed by atoms with E-state index in [2.05, 4.69) is 12.1 Å². The van der Waals surface area contributed by atoms with Gasteiger partial charge in [0.15, 0.2) is 6.10 Å². The highest BCUT2D eigenvalue weighted by Crippen LogP contribution is 2.37. The number of aliphatic hydroxyl groups excluding tert-OH is 4. The van der Waals surface area contributed by atoms with E-state index in [4.69, 9.17) is 14.2 Å². The lowest BCUT2D eigenvalue weighted by molar-refractivity contribution is -0.385. The Hall–Kier alpha value is -2.66. The van der Waals surface area contributed by atoms with Crippen LogP contribution in [0.4, 0.5) is 0 Å². The fourth-order valence-electron chi connectivity index (χ4n) is 4.83. The molecule has 0 saturated carbocycles. The highest BCUT2D eigenvalue weighted by atomic mass is 16.7. The predicted molar refractivity (Wildman–Crippen MR) is 122 cm³/mol. The number of fused-ring (bicyclic) bond motifs is 2. The summed E-state index contributed by atoms with van der Waals surface area (Å²) in [5.74, 6) is -1.46. The minimum Gasteiger partial charge on any atom is -0.493 e. The minimum atomic E-state index is -2.63. The number of nitrogens with zero attached hydrogens (tertiary/aromatic N) is 1. The molecule has 0 unspecified atom stereocenters. The molecule has 1 aromatic heterocycles. The van der Waals surface area contributed by atoms with Gasteiger partial charge in [0.1, 0.15) is 23.7 Å². The van der Waals surface area contributed by atoms with Crippen molar-refractivity contribution in [1.29, 1.82) is 0 Å². The first-order chi connectivity index (χ1) is 16.3. The van der Waals surface area contributed by atoms with Gasteiger partial charge in [0.05, 0.1) is 18.7 Å². The summed E-state index contributed by atoms with van der Waals surface area (Å²) in [6.07, 6.45) is -2.46. The SMILES string of the molecule is Cn1cc(CCc2ccc3c(c2)CCO3)c2c(O[C@]3(O)[C@@H](O)O[C@H](CO)[C@@H](O)[C@@H]3O)cccc21. The van der Waals surface area contributed by atoms with Crippen molar-refractivity contribution in [2.45, 2.75) is 49.7 Å². The molecule has 3 aromatic rings. The molecule has 0 radical (unpaired) electrons. The maximum Gasteiger partial charge on any atom is 0.288 e. The smallest absolute Gasteiger partial charge is 0.288 e. The molecule has 2 aliphatic heterocycles. The summed E-state index contributed by atoms with van der Waals surface area (Å²) in [7, 11) is 1.90. The molecule has 182 valence electrons. The zero-order valence-corrected chi connectivity index (χ0v) is 18.8. The van der Waals surface area contributed by atoms with Crippen LogP contribution in [-0.4, -0.2) is 73.7 Å². The minimum absolute atomic E-state index is 0.231. The molecular weight excluding hydrogens is 442 g/mol. The third-order valence-corrected chi connectivity index (χ3v) is 6.73. The van der Waals surface area contributed by atoms with Gasteiger partial charge in [-0.15, -0.1) is 0 Å². The Bertz CT molecular complexity index is 1190. The summed E-state index contributed by atoms with van der Waals surface area (Å²) in [5, 5.41) is 52.1. The Kier molecular flexibility index (Phi) is 6.01. The molecule has 9 nitrogen and oxygen atoms in total. The van der Waals surface area contributed by atoms with Crippen molar-refractivity contribution in [1.82, 2.24) is 4.57 Å². The van der Waals surface area contributed by atoms with Gasteiger partial charge in [0, 0.05) is 25.1 Å². The number of aromatic nitrogens is 1. The zero-order valence-electron chi connectivity index (χ0n) is 18.8. The van der Waals surface area contributed by atoms with E-state index in [0.29, 0.717) is 13.0 Å². The van der Waals surface area contributed by atoms with E-state index < -0.39 is 37.0 Å². The van der Waals surface area contributed by atoms with Crippen LogP contribution in [0.2, 0.25) is 0 Å². The van der Waals surface area contributed by atoms with Gasteiger partial charge < -0.3 is 44.3 Å².